The molecule has 2 aromatic heterocycles. The molecule has 1 aromatic carbocycles. The molecule has 1 N–H and O–H groups in total. The van der Waals surface area contributed by atoms with Gasteiger partial charge in [-0.05, 0) is 37.1 Å². The van der Waals surface area contributed by atoms with Gasteiger partial charge in [0.15, 0.2) is 16.1 Å². The van der Waals surface area contributed by atoms with Gasteiger partial charge in [-0.2, -0.15) is 0 Å². The highest BCUT2D eigenvalue weighted by Crippen LogP contribution is 2.26. The normalized spacial score (nSPS) is 11.1. The van der Waals surface area contributed by atoms with Crippen LogP contribution in [0.5, 0.6) is 0 Å². The highest BCUT2D eigenvalue weighted by Gasteiger charge is 2.17. The Bertz CT molecular complexity index is 920. The van der Waals surface area contributed by atoms with Crippen molar-refractivity contribution in [3.05, 3.63) is 40.4 Å². The molecule has 0 radical (unpaired) electrons. The predicted octanol–water partition coefficient (Wildman–Crippen LogP) is 4.75. The Labute approximate surface area is 171 Å². The average Bonchev–Trinajstić information content (AvgIpc) is 3.19. The van der Waals surface area contributed by atoms with Gasteiger partial charge < -0.3 is 9.88 Å². The molecule has 1 amide bonds. The van der Waals surface area contributed by atoms with Crippen LogP contribution in [0.25, 0.3) is 11.4 Å². The number of nitrogens with zero attached hydrogens (tertiary/aromatic N) is 4. The van der Waals surface area contributed by atoms with E-state index in [4.69, 9.17) is 11.6 Å². The summed E-state index contributed by atoms with van der Waals surface area (Å²) in [6, 6.07) is 7.52. The van der Waals surface area contributed by atoms with Crippen molar-refractivity contribution >= 4 is 45.7 Å². The van der Waals surface area contributed by atoms with E-state index in [1.807, 2.05) is 36.6 Å². The topological polar surface area (TPSA) is 72.7 Å². The molecule has 142 valence electrons. The van der Waals surface area contributed by atoms with E-state index in [-0.39, 0.29) is 11.7 Å². The first-order valence-corrected chi connectivity index (χ1v) is 10.7. The lowest BCUT2D eigenvalue weighted by atomic mass is 10.2. The molecular formula is C18H20ClN5OS2. The summed E-state index contributed by atoms with van der Waals surface area (Å²) in [5.41, 5.74) is 1.84. The first-order chi connectivity index (χ1) is 12.9. The number of rotatable bonds is 7. The number of carbonyl (C=O) groups is 1. The van der Waals surface area contributed by atoms with Crippen LogP contribution in [-0.4, -0.2) is 31.4 Å². The Morgan fingerprint density at radius 3 is 2.67 bits per heavy atom. The van der Waals surface area contributed by atoms with Crippen LogP contribution >= 0.6 is 34.7 Å². The van der Waals surface area contributed by atoms with E-state index in [2.05, 4.69) is 38.9 Å². The van der Waals surface area contributed by atoms with Gasteiger partial charge in [-0.3, -0.25) is 4.79 Å². The molecule has 0 aliphatic heterocycles. The van der Waals surface area contributed by atoms with Crippen molar-refractivity contribution in [2.24, 2.45) is 5.92 Å². The Kier molecular flexibility index (Phi) is 6.51. The van der Waals surface area contributed by atoms with Gasteiger partial charge in [-0.1, -0.05) is 37.2 Å². The summed E-state index contributed by atoms with van der Waals surface area (Å²) < 4.78 is 2.05. The van der Waals surface area contributed by atoms with Crippen LogP contribution in [-0.2, 0) is 11.3 Å². The second-order valence-corrected chi connectivity index (χ2v) is 8.69. The van der Waals surface area contributed by atoms with Gasteiger partial charge in [-0.15, -0.1) is 21.5 Å². The van der Waals surface area contributed by atoms with Crippen molar-refractivity contribution in [1.29, 1.82) is 0 Å². The lowest BCUT2D eigenvalue weighted by Crippen LogP contribution is -2.15. The summed E-state index contributed by atoms with van der Waals surface area (Å²) >= 11 is 8.77. The van der Waals surface area contributed by atoms with Gasteiger partial charge in [0.1, 0.15) is 0 Å². The Hall–Kier alpha value is -1.90. The zero-order valence-corrected chi connectivity index (χ0v) is 17.7. The number of thioether (sulfide) groups is 1. The molecule has 0 spiro atoms. The molecule has 3 aromatic rings. The van der Waals surface area contributed by atoms with E-state index in [9.17, 15) is 4.79 Å². The van der Waals surface area contributed by atoms with Crippen molar-refractivity contribution in [3.8, 4) is 11.4 Å². The van der Waals surface area contributed by atoms with Crippen molar-refractivity contribution in [2.45, 2.75) is 32.5 Å². The van der Waals surface area contributed by atoms with Crippen LogP contribution in [0.4, 0.5) is 5.13 Å². The smallest absolute Gasteiger partial charge is 0.236 e. The van der Waals surface area contributed by atoms with Crippen LogP contribution in [0.1, 0.15) is 19.5 Å². The Balaban J connectivity index is 1.74. The number of hydrogen-bond donors (Lipinski definition) is 1. The van der Waals surface area contributed by atoms with Gasteiger partial charge >= 0.3 is 0 Å². The maximum atomic E-state index is 12.2. The van der Waals surface area contributed by atoms with Crippen molar-refractivity contribution < 1.29 is 4.79 Å². The first kappa shape index (κ1) is 19.9. The van der Waals surface area contributed by atoms with E-state index in [1.54, 1.807) is 0 Å². The summed E-state index contributed by atoms with van der Waals surface area (Å²) in [6.07, 6.45) is 0. The zero-order valence-electron chi connectivity index (χ0n) is 15.3. The number of aryl methyl sites for hydroxylation is 1. The molecule has 0 saturated heterocycles. The third-order valence-corrected chi connectivity index (χ3v) is 5.66. The third kappa shape index (κ3) is 5.31. The number of carbonyl (C=O) groups excluding carboxylic acids is 1. The minimum Gasteiger partial charge on any atom is -0.302 e. The monoisotopic (exact) mass is 421 g/mol. The standard InChI is InChI=1S/C18H20ClN5OS2/c1-11(2)8-24-16(13-4-6-14(19)7-5-13)22-23-18(24)27-10-15(25)21-17-20-12(3)9-26-17/h4-7,9,11H,8,10H2,1-3H3,(H,20,21,25). The molecule has 27 heavy (non-hydrogen) atoms. The fourth-order valence-electron chi connectivity index (χ4n) is 2.43. The lowest BCUT2D eigenvalue weighted by Gasteiger charge is -2.12. The van der Waals surface area contributed by atoms with Gasteiger partial charge in [0.05, 0.1) is 11.4 Å². The van der Waals surface area contributed by atoms with Crippen LogP contribution in [0.2, 0.25) is 5.02 Å². The van der Waals surface area contributed by atoms with Crippen molar-refractivity contribution in [1.82, 2.24) is 19.7 Å². The molecular weight excluding hydrogens is 402 g/mol. The van der Waals surface area contributed by atoms with E-state index >= 15 is 0 Å². The van der Waals surface area contributed by atoms with E-state index in [0.717, 1.165) is 28.8 Å². The number of nitrogens with one attached hydrogen (secondary N) is 1. The van der Waals surface area contributed by atoms with E-state index < -0.39 is 0 Å². The number of hydrogen-bond acceptors (Lipinski definition) is 6. The predicted molar refractivity (Wildman–Crippen MR) is 112 cm³/mol. The molecule has 2 heterocycles. The van der Waals surface area contributed by atoms with Crippen LogP contribution < -0.4 is 5.32 Å². The summed E-state index contributed by atoms with van der Waals surface area (Å²) in [5, 5.41) is 15.4. The molecule has 0 fully saturated rings. The maximum absolute atomic E-state index is 12.2. The van der Waals surface area contributed by atoms with Gasteiger partial charge in [-0.25, -0.2) is 4.98 Å². The van der Waals surface area contributed by atoms with E-state index in [0.29, 0.717) is 16.1 Å². The Morgan fingerprint density at radius 1 is 1.30 bits per heavy atom. The zero-order chi connectivity index (χ0) is 19.4. The fraction of sp³-hybridized carbons (Fsp3) is 0.333. The summed E-state index contributed by atoms with van der Waals surface area (Å²) in [5.74, 6) is 1.33. The molecule has 0 atom stereocenters. The van der Waals surface area contributed by atoms with Gasteiger partial charge in [0.25, 0.3) is 0 Å². The number of halogens is 1. The SMILES string of the molecule is Cc1csc(NC(=O)CSc2nnc(-c3ccc(Cl)cc3)n2CC(C)C)n1. The fourth-order valence-corrected chi connectivity index (χ4v) is 4.01. The highest BCUT2D eigenvalue weighted by atomic mass is 35.5. The van der Waals surface area contributed by atoms with Crippen LogP contribution in [0, 0.1) is 12.8 Å². The lowest BCUT2D eigenvalue weighted by molar-refractivity contribution is -0.113. The number of aromatic nitrogens is 4. The second kappa shape index (κ2) is 8.86. The second-order valence-electron chi connectivity index (χ2n) is 6.45. The third-order valence-electron chi connectivity index (χ3n) is 3.56. The summed E-state index contributed by atoms with van der Waals surface area (Å²) in [6.45, 7) is 6.93. The molecule has 3 rings (SSSR count). The number of benzene rings is 1. The van der Waals surface area contributed by atoms with Crippen LogP contribution in [0.3, 0.4) is 0 Å². The molecule has 0 bridgehead atoms. The van der Waals surface area contributed by atoms with E-state index in [1.165, 1.54) is 23.1 Å². The van der Waals surface area contributed by atoms with Gasteiger partial charge in [0.2, 0.25) is 5.91 Å². The van der Waals surface area contributed by atoms with Crippen molar-refractivity contribution in [3.63, 3.8) is 0 Å². The number of anilines is 1. The number of amides is 1. The van der Waals surface area contributed by atoms with Crippen LogP contribution in [0.15, 0.2) is 34.8 Å². The summed E-state index contributed by atoms with van der Waals surface area (Å²) in [4.78, 5) is 16.5. The van der Waals surface area contributed by atoms with Gasteiger partial charge in [0, 0.05) is 22.5 Å². The molecule has 0 unspecified atom stereocenters. The first-order valence-electron chi connectivity index (χ1n) is 8.46. The largest absolute Gasteiger partial charge is 0.302 e. The highest BCUT2D eigenvalue weighted by molar-refractivity contribution is 7.99. The number of thiazole rings is 1. The average molecular weight is 422 g/mol. The maximum Gasteiger partial charge on any atom is 0.236 e. The molecule has 0 saturated carbocycles. The minimum absolute atomic E-state index is 0.110. The molecule has 6 nitrogen and oxygen atoms in total. The summed E-state index contributed by atoms with van der Waals surface area (Å²) in [7, 11) is 0. The minimum atomic E-state index is -0.110. The quantitative estimate of drug-likeness (QED) is 0.557. The molecule has 9 heteroatoms. The van der Waals surface area contributed by atoms with Crippen molar-refractivity contribution in [2.75, 3.05) is 11.1 Å². The molecule has 0 aliphatic carbocycles. The molecule has 0 aliphatic rings. The Morgan fingerprint density at radius 2 is 2.04 bits per heavy atom.